The highest BCUT2D eigenvalue weighted by molar-refractivity contribution is 5.19. The Bertz CT molecular complexity index is 318. The van der Waals surface area contributed by atoms with E-state index in [1.165, 1.54) is 0 Å². The Morgan fingerprint density at radius 2 is 2.46 bits per heavy atom. The van der Waals surface area contributed by atoms with Crippen LogP contribution in [0.3, 0.4) is 0 Å². The second-order valence-corrected chi connectivity index (χ2v) is 3.22. The topological polar surface area (TPSA) is 46.2 Å². The van der Waals surface area contributed by atoms with Crippen LogP contribution in [0.4, 0.5) is 0 Å². The van der Waals surface area contributed by atoms with E-state index in [1.54, 1.807) is 6.07 Å². The summed E-state index contributed by atoms with van der Waals surface area (Å²) in [5.41, 5.74) is 0. The first-order valence-corrected chi connectivity index (χ1v) is 4.49. The maximum Gasteiger partial charge on any atom is 0.203 e. The van der Waals surface area contributed by atoms with Crippen LogP contribution in [0.1, 0.15) is 24.4 Å². The molecule has 0 radical (unpaired) electrons. The highest BCUT2D eigenvalue weighted by Gasteiger charge is 2.17. The molecule has 3 nitrogen and oxygen atoms in total. The van der Waals surface area contributed by atoms with E-state index in [0.29, 0.717) is 5.76 Å². The molecule has 1 fully saturated rings. The first-order valence-electron chi connectivity index (χ1n) is 4.49. The number of furan rings is 1. The Kier molecular flexibility index (Phi) is 2.33. The Balaban J connectivity index is 1.97. The molecule has 0 bridgehead atoms. The van der Waals surface area contributed by atoms with Crippen LogP contribution in [0.2, 0.25) is 0 Å². The molecule has 1 unspecified atom stereocenters. The van der Waals surface area contributed by atoms with Gasteiger partial charge in [0, 0.05) is 13.0 Å². The Hall–Kier alpha value is -1.27. The molecular weight excluding hydrogens is 166 g/mol. The van der Waals surface area contributed by atoms with Crippen molar-refractivity contribution in [2.75, 3.05) is 6.61 Å². The van der Waals surface area contributed by atoms with Gasteiger partial charge in [0.15, 0.2) is 0 Å². The van der Waals surface area contributed by atoms with Gasteiger partial charge >= 0.3 is 0 Å². The molecule has 2 rings (SSSR count). The summed E-state index contributed by atoms with van der Waals surface area (Å²) in [6.07, 6.45) is 3.32. The second kappa shape index (κ2) is 3.63. The molecule has 0 amide bonds. The monoisotopic (exact) mass is 177 g/mol. The zero-order chi connectivity index (χ0) is 9.10. The van der Waals surface area contributed by atoms with Crippen LogP contribution in [0.5, 0.6) is 0 Å². The lowest BCUT2D eigenvalue weighted by Gasteiger charge is -2.05. The number of nitriles is 1. The predicted molar refractivity (Wildman–Crippen MR) is 46.1 cm³/mol. The van der Waals surface area contributed by atoms with Crippen LogP contribution in [0.15, 0.2) is 16.5 Å². The summed E-state index contributed by atoms with van der Waals surface area (Å²) in [6, 6.07) is 5.51. The number of rotatable bonds is 2. The zero-order valence-corrected chi connectivity index (χ0v) is 7.32. The van der Waals surface area contributed by atoms with Crippen LogP contribution < -0.4 is 0 Å². The highest BCUT2D eigenvalue weighted by Crippen LogP contribution is 2.18. The van der Waals surface area contributed by atoms with Crippen molar-refractivity contribution in [1.29, 1.82) is 5.26 Å². The van der Waals surface area contributed by atoms with Gasteiger partial charge in [-0.1, -0.05) is 0 Å². The lowest BCUT2D eigenvalue weighted by atomic mass is 10.1. The molecule has 1 aromatic rings. The van der Waals surface area contributed by atoms with E-state index < -0.39 is 0 Å². The fourth-order valence-corrected chi connectivity index (χ4v) is 1.58. The van der Waals surface area contributed by atoms with Crippen molar-refractivity contribution in [2.45, 2.75) is 25.4 Å². The minimum Gasteiger partial charge on any atom is -0.451 e. The van der Waals surface area contributed by atoms with Gasteiger partial charge in [-0.25, -0.2) is 0 Å². The summed E-state index contributed by atoms with van der Waals surface area (Å²) in [5.74, 6) is 1.23. The molecule has 1 aliphatic rings. The second-order valence-electron chi connectivity index (χ2n) is 3.22. The van der Waals surface area contributed by atoms with E-state index in [9.17, 15) is 0 Å². The van der Waals surface area contributed by atoms with Crippen LogP contribution in [0, 0.1) is 11.3 Å². The first kappa shape index (κ1) is 8.33. The van der Waals surface area contributed by atoms with Crippen LogP contribution in [-0.4, -0.2) is 12.7 Å². The highest BCUT2D eigenvalue weighted by atomic mass is 16.5. The van der Waals surface area contributed by atoms with Gasteiger partial charge in [0.05, 0.1) is 6.10 Å². The van der Waals surface area contributed by atoms with E-state index in [2.05, 4.69) is 0 Å². The number of hydrogen-bond donors (Lipinski definition) is 0. The SMILES string of the molecule is N#Cc1ccc(CC2CCCO2)o1. The Morgan fingerprint density at radius 1 is 1.54 bits per heavy atom. The van der Waals surface area contributed by atoms with E-state index in [-0.39, 0.29) is 6.10 Å². The third-order valence-corrected chi connectivity index (χ3v) is 2.22. The molecule has 1 saturated heterocycles. The molecule has 68 valence electrons. The van der Waals surface area contributed by atoms with Crippen molar-refractivity contribution < 1.29 is 9.15 Å². The van der Waals surface area contributed by atoms with Crippen molar-refractivity contribution in [3.8, 4) is 6.07 Å². The minimum atomic E-state index is 0.290. The van der Waals surface area contributed by atoms with Crippen molar-refractivity contribution in [3.05, 3.63) is 23.7 Å². The zero-order valence-electron chi connectivity index (χ0n) is 7.32. The molecule has 13 heavy (non-hydrogen) atoms. The van der Waals surface area contributed by atoms with E-state index in [4.69, 9.17) is 14.4 Å². The number of hydrogen-bond acceptors (Lipinski definition) is 3. The smallest absolute Gasteiger partial charge is 0.203 e. The molecule has 1 aromatic heterocycles. The normalized spacial score (nSPS) is 21.6. The molecule has 0 aromatic carbocycles. The number of nitrogens with zero attached hydrogens (tertiary/aromatic N) is 1. The lowest BCUT2D eigenvalue weighted by molar-refractivity contribution is 0.107. The average Bonchev–Trinajstić information content (AvgIpc) is 2.76. The van der Waals surface area contributed by atoms with Crippen LogP contribution >= 0.6 is 0 Å². The maximum absolute atomic E-state index is 8.54. The molecule has 0 N–H and O–H groups in total. The maximum atomic E-state index is 8.54. The number of ether oxygens (including phenoxy) is 1. The quantitative estimate of drug-likeness (QED) is 0.692. The van der Waals surface area contributed by atoms with E-state index in [1.807, 2.05) is 12.1 Å². The molecular formula is C10H11NO2. The summed E-state index contributed by atoms with van der Waals surface area (Å²) in [5, 5.41) is 8.54. The van der Waals surface area contributed by atoms with Crippen LogP contribution in [-0.2, 0) is 11.2 Å². The standard InChI is InChI=1S/C10H11NO2/c11-7-10-4-3-9(13-10)6-8-2-1-5-12-8/h3-4,8H,1-2,5-6H2. The molecule has 1 aliphatic heterocycles. The Labute approximate surface area is 76.9 Å². The minimum absolute atomic E-state index is 0.290. The molecule has 0 spiro atoms. The van der Waals surface area contributed by atoms with E-state index >= 15 is 0 Å². The molecule has 2 heterocycles. The fraction of sp³-hybridized carbons (Fsp3) is 0.500. The first-order chi connectivity index (χ1) is 6.38. The summed E-state index contributed by atoms with van der Waals surface area (Å²) in [7, 11) is 0. The van der Waals surface area contributed by atoms with Gasteiger partial charge in [-0.15, -0.1) is 0 Å². The third-order valence-electron chi connectivity index (χ3n) is 2.22. The summed E-state index contributed by atoms with van der Waals surface area (Å²) in [6.45, 7) is 0.858. The summed E-state index contributed by atoms with van der Waals surface area (Å²) < 4.78 is 10.7. The van der Waals surface area contributed by atoms with Crippen molar-refractivity contribution in [3.63, 3.8) is 0 Å². The van der Waals surface area contributed by atoms with Crippen molar-refractivity contribution in [2.24, 2.45) is 0 Å². The van der Waals surface area contributed by atoms with Crippen LogP contribution in [0.25, 0.3) is 0 Å². The average molecular weight is 177 g/mol. The van der Waals surface area contributed by atoms with Gasteiger partial charge in [0.2, 0.25) is 5.76 Å². The summed E-state index contributed by atoms with van der Waals surface area (Å²) >= 11 is 0. The molecule has 0 saturated carbocycles. The molecule has 1 atom stereocenters. The molecule has 0 aliphatic carbocycles. The van der Waals surface area contributed by atoms with Crippen molar-refractivity contribution >= 4 is 0 Å². The van der Waals surface area contributed by atoms with E-state index in [0.717, 1.165) is 31.6 Å². The van der Waals surface area contributed by atoms with Gasteiger partial charge in [-0.2, -0.15) is 5.26 Å². The largest absolute Gasteiger partial charge is 0.451 e. The van der Waals surface area contributed by atoms with Gasteiger partial charge in [0.1, 0.15) is 11.8 Å². The van der Waals surface area contributed by atoms with Gasteiger partial charge in [-0.05, 0) is 25.0 Å². The predicted octanol–water partition coefficient (Wildman–Crippen LogP) is 1.87. The van der Waals surface area contributed by atoms with Crippen molar-refractivity contribution in [1.82, 2.24) is 0 Å². The summed E-state index contributed by atoms with van der Waals surface area (Å²) in [4.78, 5) is 0. The fourth-order valence-electron chi connectivity index (χ4n) is 1.58. The van der Waals surface area contributed by atoms with Gasteiger partial charge in [-0.3, -0.25) is 0 Å². The lowest BCUT2D eigenvalue weighted by Crippen LogP contribution is -2.07. The third kappa shape index (κ3) is 1.90. The Morgan fingerprint density at radius 3 is 3.08 bits per heavy atom. The van der Waals surface area contributed by atoms with Gasteiger partial charge in [0.25, 0.3) is 0 Å². The molecule has 3 heteroatoms. The van der Waals surface area contributed by atoms with Gasteiger partial charge < -0.3 is 9.15 Å².